The van der Waals surface area contributed by atoms with Crippen LogP contribution in [0.1, 0.15) is 11.1 Å². The molecule has 0 aliphatic carbocycles. The molecule has 0 atom stereocenters. The Balaban J connectivity index is 0.00000144. The molecule has 0 saturated heterocycles. The normalized spacial score (nSPS) is 9.65. The van der Waals surface area contributed by atoms with Crippen molar-refractivity contribution >= 4 is 11.8 Å². The molecule has 0 fully saturated rings. The zero-order valence-electron chi connectivity index (χ0n) is 9.38. The molecule has 2 aromatic rings. The molecule has 0 saturated carbocycles. The molecule has 0 aliphatic rings. The molecule has 17 heavy (non-hydrogen) atoms. The molecule has 0 spiro atoms. The number of hydrogen-bond acceptors (Lipinski definition) is 1. The highest BCUT2D eigenvalue weighted by Crippen LogP contribution is 2.11. The van der Waals surface area contributed by atoms with Gasteiger partial charge in [0.2, 0.25) is 0 Å². The average molecular weight is 267 g/mol. The van der Waals surface area contributed by atoms with Crippen molar-refractivity contribution < 1.29 is 17.5 Å². The second kappa shape index (κ2) is 7.25. The molecule has 0 heterocycles. The minimum absolute atomic E-state index is 0. The summed E-state index contributed by atoms with van der Waals surface area (Å²) in [6.45, 7) is 0. The minimum atomic E-state index is 0. The number of phenols is 1. The van der Waals surface area contributed by atoms with Crippen LogP contribution in [-0.2, 0) is 23.3 Å². The Bertz CT molecular complexity index is 428. The van der Waals surface area contributed by atoms with Crippen LogP contribution in [0.3, 0.4) is 0 Å². The summed E-state index contributed by atoms with van der Waals surface area (Å²) in [5.74, 6) is 2.46. The van der Waals surface area contributed by atoms with Crippen LogP contribution in [0.15, 0.2) is 54.6 Å². The summed E-state index contributed by atoms with van der Waals surface area (Å²) >= 11 is 1.39. The summed E-state index contributed by atoms with van der Waals surface area (Å²) in [7, 11) is 0. The van der Waals surface area contributed by atoms with E-state index in [0.29, 0.717) is 5.75 Å². The number of benzene rings is 2. The summed E-state index contributed by atoms with van der Waals surface area (Å²) in [6.07, 6.45) is 0. The van der Waals surface area contributed by atoms with E-state index >= 15 is 0 Å². The summed E-state index contributed by atoms with van der Waals surface area (Å²) in [4.78, 5) is 0. The number of phenolic OH excluding ortho intramolecular Hbond substituents is 1. The lowest BCUT2D eigenvalue weighted by Crippen LogP contribution is -3.00. The lowest BCUT2D eigenvalue weighted by atomic mass is 10.2. The van der Waals surface area contributed by atoms with Gasteiger partial charge in [-0.05, 0) is 23.9 Å². The molecule has 0 bridgehead atoms. The SMILES string of the molecule is Oc1ccc(C[SH+]Cc2ccccc2)cc1.[Cl-]. The third-order valence-electron chi connectivity index (χ3n) is 2.37. The zero-order valence-corrected chi connectivity index (χ0v) is 11.0. The van der Waals surface area contributed by atoms with Crippen molar-refractivity contribution in [2.24, 2.45) is 0 Å². The maximum absolute atomic E-state index is 9.16. The van der Waals surface area contributed by atoms with Gasteiger partial charge < -0.3 is 17.5 Å². The van der Waals surface area contributed by atoms with Crippen molar-refractivity contribution in [3.8, 4) is 5.75 Å². The van der Waals surface area contributed by atoms with Gasteiger partial charge in [0.25, 0.3) is 0 Å². The fourth-order valence-electron chi connectivity index (χ4n) is 1.50. The fourth-order valence-corrected chi connectivity index (χ4v) is 2.55. The first kappa shape index (κ1) is 13.9. The first-order valence-electron chi connectivity index (χ1n) is 5.30. The number of thiol groups is 1. The second-order valence-electron chi connectivity index (χ2n) is 3.69. The van der Waals surface area contributed by atoms with Gasteiger partial charge in [0.15, 0.2) is 0 Å². The van der Waals surface area contributed by atoms with Crippen LogP contribution < -0.4 is 12.4 Å². The highest BCUT2D eigenvalue weighted by atomic mass is 35.5. The molecule has 0 aliphatic heterocycles. The van der Waals surface area contributed by atoms with Crippen molar-refractivity contribution in [2.75, 3.05) is 0 Å². The molecule has 2 aromatic carbocycles. The molecule has 2 rings (SSSR count). The molecule has 3 heteroatoms. The Morgan fingerprint density at radius 2 is 1.29 bits per heavy atom. The van der Waals surface area contributed by atoms with Crippen molar-refractivity contribution in [1.29, 1.82) is 0 Å². The van der Waals surface area contributed by atoms with Crippen LogP contribution in [0.2, 0.25) is 0 Å². The highest BCUT2D eigenvalue weighted by Gasteiger charge is 2.01. The van der Waals surface area contributed by atoms with Crippen LogP contribution in [0.25, 0.3) is 0 Å². The lowest BCUT2D eigenvalue weighted by molar-refractivity contribution is -0.00000426. The Hall–Kier alpha value is -1.12. The van der Waals surface area contributed by atoms with Gasteiger partial charge in [-0.15, -0.1) is 0 Å². The Kier molecular flexibility index (Phi) is 5.95. The van der Waals surface area contributed by atoms with Crippen LogP contribution in [0.4, 0.5) is 0 Å². The van der Waals surface area contributed by atoms with Gasteiger partial charge in [0, 0.05) is 11.1 Å². The molecular weight excluding hydrogens is 252 g/mol. The highest BCUT2D eigenvalue weighted by molar-refractivity contribution is 7.76. The second-order valence-corrected chi connectivity index (χ2v) is 4.77. The van der Waals surface area contributed by atoms with Gasteiger partial charge in [0.1, 0.15) is 17.3 Å². The van der Waals surface area contributed by atoms with Crippen LogP contribution >= 0.6 is 0 Å². The van der Waals surface area contributed by atoms with Crippen LogP contribution in [-0.4, -0.2) is 5.11 Å². The number of hydrogen-bond donors (Lipinski definition) is 1. The Morgan fingerprint density at radius 1 is 0.765 bits per heavy atom. The first-order chi connectivity index (χ1) is 7.84. The van der Waals surface area contributed by atoms with E-state index in [1.807, 2.05) is 18.2 Å². The quantitative estimate of drug-likeness (QED) is 0.606. The molecule has 0 unspecified atom stereocenters. The molecule has 0 radical (unpaired) electrons. The van der Waals surface area contributed by atoms with Gasteiger partial charge in [-0.3, -0.25) is 0 Å². The first-order valence-corrected chi connectivity index (χ1v) is 6.56. The molecule has 90 valence electrons. The largest absolute Gasteiger partial charge is 1.00 e. The molecular formula is C14H15ClOS. The Labute approximate surface area is 112 Å². The van der Waals surface area contributed by atoms with E-state index in [4.69, 9.17) is 5.11 Å². The van der Waals surface area contributed by atoms with Gasteiger partial charge in [0.05, 0.1) is 0 Å². The van der Waals surface area contributed by atoms with Crippen molar-refractivity contribution in [3.05, 3.63) is 65.7 Å². The van der Waals surface area contributed by atoms with Crippen molar-refractivity contribution in [1.82, 2.24) is 0 Å². The van der Waals surface area contributed by atoms with Crippen molar-refractivity contribution in [3.63, 3.8) is 0 Å². The van der Waals surface area contributed by atoms with Gasteiger partial charge >= 0.3 is 0 Å². The van der Waals surface area contributed by atoms with E-state index in [9.17, 15) is 0 Å². The fraction of sp³-hybridized carbons (Fsp3) is 0.143. The number of halogens is 1. The third-order valence-corrected chi connectivity index (χ3v) is 3.55. The predicted octanol–water partition coefficient (Wildman–Crippen LogP) is -0.0887. The molecule has 1 nitrogen and oxygen atoms in total. The van der Waals surface area contributed by atoms with E-state index < -0.39 is 0 Å². The Morgan fingerprint density at radius 3 is 1.88 bits per heavy atom. The maximum Gasteiger partial charge on any atom is 0.131 e. The zero-order chi connectivity index (χ0) is 11.2. The molecule has 1 N–H and O–H groups in total. The van der Waals surface area contributed by atoms with E-state index in [-0.39, 0.29) is 12.4 Å². The van der Waals surface area contributed by atoms with E-state index in [0.717, 1.165) is 11.5 Å². The predicted molar refractivity (Wildman–Crippen MR) is 70.7 cm³/mol. The summed E-state index contributed by atoms with van der Waals surface area (Å²) in [5, 5.41) is 9.16. The molecule has 0 aromatic heterocycles. The summed E-state index contributed by atoms with van der Waals surface area (Å²) in [6, 6.07) is 18.0. The molecule has 0 amide bonds. The minimum Gasteiger partial charge on any atom is -1.00 e. The van der Waals surface area contributed by atoms with E-state index in [1.165, 1.54) is 22.9 Å². The van der Waals surface area contributed by atoms with Gasteiger partial charge in [-0.1, -0.05) is 42.5 Å². The topological polar surface area (TPSA) is 20.2 Å². The van der Waals surface area contributed by atoms with Gasteiger partial charge in [-0.2, -0.15) is 0 Å². The van der Waals surface area contributed by atoms with E-state index in [1.54, 1.807) is 12.1 Å². The maximum atomic E-state index is 9.16. The summed E-state index contributed by atoms with van der Waals surface area (Å²) in [5.41, 5.74) is 2.65. The van der Waals surface area contributed by atoms with Crippen molar-refractivity contribution in [2.45, 2.75) is 11.5 Å². The average Bonchev–Trinajstić information content (AvgIpc) is 2.33. The van der Waals surface area contributed by atoms with Gasteiger partial charge in [-0.25, -0.2) is 0 Å². The number of rotatable bonds is 4. The van der Waals surface area contributed by atoms with Crippen LogP contribution in [0.5, 0.6) is 5.75 Å². The standard InChI is InChI=1S/C14H14OS.ClH/c15-14-8-6-13(7-9-14)11-16-10-12-4-2-1-3-5-12;/h1-9,15H,10-11H2;1H. The lowest BCUT2D eigenvalue weighted by Gasteiger charge is -1.96. The van der Waals surface area contributed by atoms with Crippen LogP contribution in [0, 0.1) is 0 Å². The van der Waals surface area contributed by atoms with E-state index in [2.05, 4.69) is 24.3 Å². The monoisotopic (exact) mass is 266 g/mol. The number of aromatic hydroxyl groups is 1. The third kappa shape index (κ3) is 4.72. The summed E-state index contributed by atoms with van der Waals surface area (Å²) < 4.78 is 0. The smallest absolute Gasteiger partial charge is 0.131 e.